The third-order valence-electron chi connectivity index (χ3n) is 5.84. The summed E-state index contributed by atoms with van der Waals surface area (Å²) in [7, 11) is 0. The molecule has 31 heavy (non-hydrogen) atoms. The number of rotatable bonds is 3. The first-order valence-electron chi connectivity index (χ1n) is 9.41. The van der Waals surface area contributed by atoms with Crippen molar-refractivity contribution in [3.05, 3.63) is 69.8 Å². The number of piperazine rings is 1. The van der Waals surface area contributed by atoms with Gasteiger partial charge in [0, 0.05) is 42.8 Å². The second-order valence-electron chi connectivity index (χ2n) is 7.61. The molecular formula is C21H18F3N3O4. The first-order valence-corrected chi connectivity index (χ1v) is 9.41. The van der Waals surface area contributed by atoms with Crippen LogP contribution < -0.4 is 15.6 Å². The maximum atomic E-state index is 15.0. The van der Waals surface area contributed by atoms with Gasteiger partial charge in [-0.1, -0.05) is 0 Å². The molecule has 1 aromatic heterocycles. The number of carboxylic acid groups (broad SMARTS) is 1. The molecule has 2 unspecified atom stereocenters. The molecule has 2 fully saturated rings. The van der Waals surface area contributed by atoms with Crippen LogP contribution in [0.15, 0.2) is 41.3 Å². The fourth-order valence-electron chi connectivity index (χ4n) is 4.44. The zero-order valence-corrected chi connectivity index (χ0v) is 16.0. The molecule has 4 N–H and O–H groups in total. The van der Waals surface area contributed by atoms with Crippen molar-refractivity contribution in [3.63, 3.8) is 0 Å². The highest BCUT2D eigenvalue weighted by molar-refractivity contribution is 5.94. The third-order valence-corrected chi connectivity index (χ3v) is 5.84. The predicted molar refractivity (Wildman–Crippen MR) is 108 cm³/mol. The maximum Gasteiger partial charge on any atom is 0.341 e. The molecule has 0 radical (unpaired) electrons. The smallest absolute Gasteiger partial charge is 0.341 e. The number of anilines is 1. The van der Waals surface area contributed by atoms with Crippen molar-refractivity contribution in [2.75, 3.05) is 18.0 Å². The second-order valence-corrected chi connectivity index (χ2v) is 7.61. The highest BCUT2D eigenvalue weighted by atomic mass is 19.1. The van der Waals surface area contributed by atoms with Gasteiger partial charge in [0.2, 0.25) is 5.43 Å². The molecule has 0 amide bonds. The quantitative estimate of drug-likeness (QED) is 0.656. The lowest BCUT2D eigenvalue weighted by Crippen LogP contribution is -2.44. The van der Waals surface area contributed by atoms with E-state index in [0.717, 1.165) is 35.4 Å². The molecule has 5 rings (SSSR count). The first-order chi connectivity index (χ1) is 14.3. The molecule has 2 aromatic carbocycles. The number of fused-ring (bicyclic) bond motifs is 3. The van der Waals surface area contributed by atoms with Crippen molar-refractivity contribution in [1.82, 2.24) is 9.88 Å². The van der Waals surface area contributed by atoms with Gasteiger partial charge < -0.3 is 25.4 Å². The van der Waals surface area contributed by atoms with Gasteiger partial charge in [0.1, 0.15) is 23.0 Å². The standard InChI is InChI=1S/C21H16F3N3O3.H2O/c22-10-1-2-17(15(23)3-10)27-9-14(21(29)30)20(28)13-5-16(24)19(6-18(13)27)26-8-11-4-12(26)7-25-11;/h1-3,5-6,9,11-12,25H,4,7-8H2,(H,29,30);1H2. The van der Waals surface area contributed by atoms with Gasteiger partial charge in [-0.05, 0) is 30.7 Å². The Hall–Kier alpha value is -3.37. The normalized spacial score (nSPS) is 19.6. The van der Waals surface area contributed by atoms with Gasteiger partial charge in [-0.2, -0.15) is 0 Å². The van der Waals surface area contributed by atoms with E-state index in [1.165, 1.54) is 6.07 Å². The Morgan fingerprint density at radius 1 is 1.10 bits per heavy atom. The van der Waals surface area contributed by atoms with Gasteiger partial charge in [-0.25, -0.2) is 18.0 Å². The Morgan fingerprint density at radius 3 is 2.45 bits per heavy atom. The minimum Gasteiger partial charge on any atom is -0.477 e. The van der Waals surface area contributed by atoms with Gasteiger partial charge in [0.05, 0.1) is 16.9 Å². The van der Waals surface area contributed by atoms with Crippen LogP contribution in [0.25, 0.3) is 16.6 Å². The molecule has 10 heteroatoms. The third kappa shape index (κ3) is 3.24. The summed E-state index contributed by atoms with van der Waals surface area (Å²) >= 11 is 0. The van der Waals surface area contributed by atoms with Crippen molar-refractivity contribution >= 4 is 22.6 Å². The van der Waals surface area contributed by atoms with E-state index in [-0.39, 0.29) is 39.8 Å². The van der Waals surface area contributed by atoms with E-state index in [2.05, 4.69) is 5.32 Å². The van der Waals surface area contributed by atoms with Crippen LogP contribution in [0.4, 0.5) is 18.9 Å². The van der Waals surface area contributed by atoms with Crippen LogP contribution in [0.3, 0.4) is 0 Å². The number of carboxylic acids is 1. The van der Waals surface area contributed by atoms with Crippen molar-refractivity contribution in [2.24, 2.45) is 0 Å². The number of carbonyl (C=O) groups is 1. The Balaban J connectivity index is 0.00000231. The monoisotopic (exact) mass is 433 g/mol. The fourth-order valence-corrected chi connectivity index (χ4v) is 4.44. The highest BCUT2D eigenvalue weighted by Crippen LogP contribution is 2.34. The lowest BCUT2D eigenvalue weighted by atomic mass is 10.1. The summed E-state index contributed by atoms with van der Waals surface area (Å²) in [5.74, 6) is -3.91. The van der Waals surface area contributed by atoms with E-state index in [9.17, 15) is 27.9 Å². The fraction of sp³-hybridized carbons (Fsp3) is 0.238. The van der Waals surface area contributed by atoms with Gasteiger partial charge in [0.15, 0.2) is 0 Å². The summed E-state index contributed by atoms with van der Waals surface area (Å²) in [4.78, 5) is 26.1. The molecular weight excluding hydrogens is 415 g/mol. The number of halogens is 3. The summed E-state index contributed by atoms with van der Waals surface area (Å²) in [6.07, 6.45) is 1.86. The zero-order valence-electron chi connectivity index (χ0n) is 16.0. The molecule has 3 heterocycles. The minimum absolute atomic E-state index is 0. The predicted octanol–water partition coefficient (Wildman–Crippen LogP) is 1.83. The summed E-state index contributed by atoms with van der Waals surface area (Å²) in [6, 6.07) is 5.61. The van der Waals surface area contributed by atoms with Crippen LogP contribution in [-0.4, -0.2) is 46.3 Å². The summed E-state index contributed by atoms with van der Waals surface area (Å²) in [5.41, 5.74) is -1.25. The van der Waals surface area contributed by atoms with Crippen LogP contribution in [-0.2, 0) is 0 Å². The van der Waals surface area contributed by atoms with Crippen LogP contribution in [0.1, 0.15) is 16.8 Å². The largest absolute Gasteiger partial charge is 0.477 e. The number of hydrogen-bond acceptors (Lipinski definition) is 4. The Bertz CT molecular complexity index is 1280. The van der Waals surface area contributed by atoms with E-state index >= 15 is 0 Å². The van der Waals surface area contributed by atoms with E-state index in [1.807, 2.05) is 4.90 Å². The average Bonchev–Trinajstić information content (AvgIpc) is 3.32. The number of benzene rings is 2. The molecule has 2 bridgehead atoms. The molecule has 2 saturated heterocycles. The van der Waals surface area contributed by atoms with Gasteiger partial charge in [-0.3, -0.25) is 4.79 Å². The zero-order chi connectivity index (χ0) is 21.2. The van der Waals surface area contributed by atoms with Crippen molar-refractivity contribution in [2.45, 2.75) is 18.5 Å². The van der Waals surface area contributed by atoms with Crippen LogP contribution in [0.2, 0.25) is 0 Å². The molecule has 3 aromatic rings. The number of hydrogen-bond donors (Lipinski definition) is 2. The lowest BCUT2D eigenvalue weighted by Gasteiger charge is -2.30. The molecule has 0 aliphatic carbocycles. The van der Waals surface area contributed by atoms with Crippen LogP contribution >= 0.6 is 0 Å². The molecule has 2 aliphatic rings. The van der Waals surface area contributed by atoms with Gasteiger partial charge in [0.25, 0.3) is 0 Å². The number of pyridine rings is 1. The molecule has 0 saturated carbocycles. The number of aromatic carboxylic acids is 1. The summed E-state index contributed by atoms with van der Waals surface area (Å²) in [5, 5.41) is 12.5. The first kappa shape index (κ1) is 20.9. The van der Waals surface area contributed by atoms with E-state index in [0.29, 0.717) is 19.2 Å². The second kappa shape index (κ2) is 7.40. The number of nitrogens with zero attached hydrogens (tertiary/aromatic N) is 2. The van der Waals surface area contributed by atoms with Crippen LogP contribution in [0.5, 0.6) is 0 Å². The Morgan fingerprint density at radius 2 is 1.84 bits per heavy atom. The molecule has 2 atom stereocenters. The molecule has 0 spiro atoms. The Kier molecular flexibility index (Phi) is 4.98. The lowest BCUT2D eigenvalue weighted by molar-refractivity contribution is 0.0695. The summed E-state index contributed by atoms with van der Waals surface area (Å²) < 4.78 is 44.1. The molecule has 2 aliphatic heterocycles. The van der Waals surface area contributed by atoms with Gasteiger partial charge >= 0.3 is 5.97 Å². The molecule has 162 valence electrons. The maximum absolute atomic E-state index is 15.0. The Labute approximate surface area is 173 Å². The van der Waals surface area contributed by atoms with E-state index in [4.69, 9.17) is 0 Å². The number of aromatic nitrogens is 1. The SMILES string of the molecule is O.O=C(O)c1cn(-c2ccc(F)cc2F)c2cc(N3CC4CC3CN4)c(F)cc2c1=O. The summed E-state index contributed by atoms with van der Waals surface area (Å²) in [6.45, 7) is 1.30. The van der Waals surface area contributed by atoms with Crippen molar-refractivity contribution in [1.29, 1.82) is 0 Å². The average molecular weight is 433 g/mol. The van der Waals surface area contributed by atoms with Gasteiger partial charge in [-0.15, -0.1) is 0 Å². The molecule has 7 nitrogen and oxygen atoms in total. The minimum atomic E-state index is -1.52. The van der Waals surface area contributed by atoms with E-state index < -0.39 is 34.4 Å². The number of nitrogens with one attached hydrogen (secondary N) is 1. The van der Waals surface area contributed by atoms with Crippen molar-refractivity contribution < 1.29 is 28.5 Å². The topological polar surface area (TPSA) is 106 Å². The van der Waals surface area contributed by atoms with E-state index in [1.54, 1.807) is 0 Å². The van der Waals surface area contributed by atoms with Crippen molar-refractivity contribution in [3.8, 4) is 5.69 Å². The highest BCUT2D eigenvalue weighted by Gasteiger charge is 2.38. The van der Waals surface area contributed by atoms with Crippen LogP contribution in [0, 0.1) is 17.5 Å².